The van der Waals surface area contributed by atoms with Crippen molar-refractivity contribution < 1.29 is 9.59 Å². The van der Waals surface area contributed by atoms with Crippen LogP contribution in [0.4, 0.5) is 4.79 Å². The first-order chi connectivity index (χ1) is 5.99. The molecule has 0 radical (unpaired) electrons. The van der Waals surface area contributed by atoms with Crippen molar-refractivity contribution in [1.82, 2.24) is 10.3 Å². The van der Waals surface area contributed by atoms with Gasteiger partial charge in [-0.2, -0.15) is 0 Å². The number of carbonyl (C=O) groups excluding carboxylic acids is 2. The van der Waals surface area contributed by atoms with Gasteiger partial charge in [0.25, 0.3) is 0 Å². The van der Waals surface area contributed by atoms with Gasteiger partial charge in [0.15, 0.2) is 0 Å². The van der Waals surface area contributed by atoms with Gasteiger partial charge in [-0.1, -0.05) is 0 Å². The second-order valence-electron chi connectivity index (χ2n) is 3.55. The van der Waals surface area contributed by atoms with E-state index in [0.717, 1.165) is 0 Å². The minimum atomic E-state index is -0.605. The molecule has 1 aliphatic heterocycles. The summed E-state index contributed by atoms with van der Waals surface area (Å²) >= 11 is 0. The Labute approximate surface area is 76.2 Å². The van der Waals surface area contributed by atoms with Gasteiger partial charge < -0.3 is 10.6 Å². The zero-order valence-corrected chi connectivity index (χ0v) is 7.54. The van der Waals surface area contributed by atoms with E-state index >= 15 is 0 Å². The lowest BCUT2D eigenvalue weighted by atomic mass is 9.89. The molecule has 0 bridgehead atoms. The van der Waals surface area contributed by atoms with E-state index in [9.17, 15) is 9.59 Å². The molecule has 1 unspecified atom stereocenters. The van der Waals surface area contributed by atoms with E-state index in [0.29, 0.717) is 19.5 Å². The number of urea groups is 1. The largest absolute Gasteiger partial charge is 0.369 e. The molecule has 13 heavy (non-hydrogen) atoms. The fraction of sp³-hybridized carbons (Fsp3) is 0.714. The number of amides is 3. The second kappa shape index (κ2) is 3.21. The minimum absolute atomic E-state index is 0.339. The minimum Gasteiger partial charge on any atom is -0.369 e. The van der Waals surface area contributed by atoms with Crippen molar-refractivity contribution >= 4 is 11.9 Å². The molecule has 1 saturated heterocycles. The summed E-state index contributed by atoms with van der Waals surface area (Å²) < 4.78 is 0. The fourth-order valence-corrected chi connectivity index (χ4v) is 1.43. The van der Waals surface area contributed by atoms with Crippen LogP contribution in [0.2, 0.25) is 0 Å². The molecule has 1 aliphatic rings. The first-order valence-electron chi connectivity index (χ1n) is 4.05. The van der Waals surface area contributed by atoms with Crippen LogP contribution in [-0.4, -0.2) is 29.9 Å². The number of nitrogens with two attached hydrogens (primary N) is 2. The van der Waals surface area contributed by atoms with E-state index in [1.165, 1.54) is 4.90 Å². The highest BCUT2D eigenvalue weighted by molar-refractivity contribution is 5.83. The van der Waals surface area contributed by atoms with Crippen LogP contribution in [-0.2, 0) is 4.79 Å². The van der Waals surface area contributed by atoms with Crippen molar-refractivity contribution in [3.8, 4) is 0 Å². The number of nitrogens with one attached hydrogen (secondary N) is 1. The average Bonchev–Trinajstić information content (AvgIpc) is 2.48. The molecule has 0 aliphatic carbocycles. The van der Waals surface area contributed by atoms with Gasteiger partial charge in [-0.3, -0.25) is 10.2 Å². The second-order valence-corrected chi connectivity index (χ2v) is 3.55. The molecule has 6 nitrogen and oxygen atoms in total. The number of hydrazine groups is 1. The third kappa shape index (κ3) is 1.72. The Morgan fingerprint density at radius 1 is 1.54 bits per heavy atom. The number of carbonyl (C=O) groups is 2. The predicted octanol–water partition coefficient (Wildman–Crippen LogP) is -1.23. The molecule has 1 rings (SSSR count). The molecular weight excluding hydrogens is 172 g/mol. The van der Waals surface area contributed by atoms with Crippen molar-refractivity contribution in [2.45, 2.75) is 13.3 Å². The van der Waals surface area contributed by atoms with Crippen LogP contribution in [0, 0.1) is 5.41 Å². The van der Waals surface area contributed by atoms with Crippen LogP contribution in [0.3, 0.4) is 0 Å². The van der Waals surface area contributed by atoms with Crippen LogP contribution < -0.4 is 17.0 Å². The van der Waals surface area contributed by atoms with Crippen LogP contribution in [0.15, 0.2) is 0 Å². The number of likely N-dealkylation sites (tertiary alicyclic amines) is 1. The van der Waals surface area contributed by atoms with Crippen LogP contribution in [0.1, 0.15) is 13.3 Å². The zero-order chi connectivity index (χ0) is 10.1. The van der Waals surface area contributed by atoms with Gasteiger partial charge in [-0.15, -0.1) is 0 Å². The van der Waals surface area contributed by atoms with Crippen LogP contribution in [0.5, 0.6) is 0 Å². The van der Waals surface area contributed by atoms with Gasteiger partial charge in [0.05, 0.1) is 5.41 Å². The topological polar surface area (TPSA) is 101 Å². The maximum atomic E-state index is 11.1. The van der Waals surface area contributed by atoms with Crippen molar-refractivity contribution in [2.75, 3.05) is 13.1 Å². The van der Waals surface area contributed by atoms with Gasteiger partial charge in [0.2, 0.25) is 5.91 Å². The van der Waals surface area contributed by atoms with E-state index in [4.69, 9.17) is 11.6 Å². The van der Waals surface area contributed by atoms with Crippen molar-refractivity contribution in [1.29, 1.82) is 0 Å². The Morgan fingerprint density at radius 3 is 2.54 bits per heavy atom. The third-order valence-electron chi connectivity index (χ3n) is 2.48. The molecule has 5 N–H and O–H groups in total. The monoisotopic (exact) mass is 186 g/mol. The first-order valence-corrected chi connectivity index (χ1v) is 4.05. The standard InChI is InChI=1S/C7H14N4O2/c1-7(5(8)12)2-3-11(4-7)6(13)10-9/h2-4,9H2,1H3,(H2,8,12)(H,10,13). The molecule has 0 aromatic heterocycles. The summed E-state index contributed by atoms with van der Waals surface area (Å²) in [4.78, 5) is 23.6. The number of hydrogen-bond donors (Lipinski definition) is 3. The molecule has 0 saturated carbocycles. The normalized spacial score (nSPS) is 27.4. The van der Waals surface area contributed by atoms with Crippen molar-refractivity contribution in [3.63, 3.8) is 0 Å². The summed E-state index contributed by atoms with van der Waals surface area (Å²) in [7, 11) is 0. The lowest BCUT2D eigenvalue weighted by Gasteiger charge is -2.20. The first kappa shape index (κ1) is 9.79. The lowest BCUT2D eigenvalue weighted by Crippen LogP contribution is -2.44. The zero-order valence-electron chi connectivity index (χ0n) is 7.54. The Bertz CT molecular complexity index is 243. The average molecular weight is 186 g/mol. The maximum Gasteiger partial charge on any atom is 0.331 e. The van der Waals surface area contributed by atoms with Gasteiger partial charge in [-0.25, -0.2) is 10.6 Å². The molecule has 0 aromatic rings. The summed E-state index contributed by atoms with van der Waals surface area (Å²) in [5, 5.41) is 0. The Balaban J connectivity index is 2.63. The molecule has 1 fully saturated rings. The highest BCUT2D eigenvalue weighted by Crippen LogP contribution is 2.28. The highest BCUT2D eigenvalue weighted by Gasteiger charge is 2.40. The fourth-order valence-electron chi connectivity index (χ4n) is 1.43. The van der Waals surface area contributed by atoms with E-state index in [-0.39, 0.29) is 11.9 Å². The maximum absolute atomic E-state index is 11.1. The van der Waals surface area contributed by atoms with E-state index in [1.807, 2.05) is 5.43 Å². The quantitative estimate of drug-likeness (QED) is 0.271. The van der Waals surface area contributed by atoms with Gasteiger partial charge in [0, 0.05) is 13.1 Å². The number of primary amides is 1. The molecule has 0 spiro atoms. The summed E-state index contributed by atoms with van der Waals surface area (Å²) in [6.07, 6.45) is 0.593. The van der Waals surface area contributed by atoms with Crippen LogP contribution in [0.25, 0.3) is 0 Å². The summed E-state index contributed by atoms with van der Waals surface area (Å²) in [5.41, 5.74) is 6.62. The molecule has 3 amide bonds. The van der Waals surface area contributed by atoms with Gasteiger partial charge >= 0.3 is 6.03 Å². The van der Waals surface area contributed by atoms with E-state index < -0.39 is 5.41 Å². The number of rotatable bonds is 1. The van der Waals surface area contributed by atoms with Crippen LogP contribution >= 0.6 is 0 Å². The predicted molar refractivity (Wildman–Crippen MR) is 46.2 cm³/mol. The Morgan fingerprint density at radius 2 is 2.15 bits per heavy atom. The van der Waals surface area contributed by atoms with Gasteiger partial charge in [-0.05, 0) is 13.3 Å². The van der Waals surface area contributed by atoms with E-state index in [1.54, 1.807) is 6.92 Å². The van der Waals surface area contributed by atoms with Gasteiger partial charge in [0.1, 0.15) is 0 Å². The molecule has 0 aromatic carbocycles. The lowest BCUT2D eigenvalue weighted by molar-refractivity contribution is -0.126. The Hall–Kier alpha value is -1.30. The SMILES string of the molecule is CC1(C(N)=O)CCN(C(=O)NN)C1. The molecule has 74 valence electrons. The smallest absolute Gasteiger partial charge is 0.331 e. The Kier molecular flexibility index (Phi) is 2.42. The summed E-state index contributed by atoms with van der Waals surface area (Å²) in [6.45, 7) is 2.60. The molecular formula is C7H14N4O2. The number of hydrogen-bond acceptors (Lipinski definition) is 3. The number of nitrogens with zero attached hydrogens (tertiary/aromatic N) is 1. The third-order valence-corrected chi connectivity index (χ3v) is 2.48. The molecule has 6 heteroatoms. The highest BCUT2D eigenvalue weighted by atomic mass is 16.2. The van der Waals surface area contributed by atoms with Crippen molar-refractivity contribution in [3.05, 3.63) is 0 Å². The summed E-state index contributed by atoms with van der Waals surface area (Å²) in [5.74, 6) is 4.58. The molecule has 1 atom stereocenters. The van der Waals surface area contributed by atoms with Crippen molar-refractivity contribution in [2.24, 2.45) is 17.0 Å². The van der Waals surface area contributed by atoms with E-state index in [2.05, 4.69) is 0 Å². The molecule has 1 heterocycles. The summed E-state index contributed by atoms with van der Waals surface area (Å²) in [6, 6.07) is -0.370.